The number of anilines is 1. The second-order valence-corrected chi connectivity index (χ2v) is 4.56. The van der Waals surface area contributed by atoms with Crippen LogP contribution in [-0.4, -0.2) is 15.2 Å². The lowest BCUT2D eigenvalue weighted by Gasteiger charge is -2.05. The van der Waals surface area contributed by atoms with Gasteiger partial charge < -0.3 is 5.73 Å². The van der Waals surface area contributed by atoms with E-state index >= 15 is 0 Å². The van der Waals surface area contributed by atoms with E-state index in [1.165, 1.54) is 6.07 Å². The van der Waals surface area contributed by atoms with Gasteiger partial charge in [0.15, 0.2) is 5.82 Å². The highest BCUT2D eigenvalue weighted by Crippen LogP contribution is 2.34. The lowest BCUT2D eigenvalue weighted by molar-refractivity contribution is 0.619. The number of aromatic amines is 1. The third-order valence-electron chi connectivity index (χ3n) is 3.22. The molecule has 0 aliphatic carbocycles. The Labute approximate surface area is 115 Å². The third kappa shape index (κ3) is 2.03. The first-order valence-corrected chi connectivity index (χ1v) is 6.17. The topological polar surface area (TPSA) is 67.6 Å². The van der Waals surface area contributed by atoms with Gasteiger partial charge in [-0.05, 0) is 36.2 Å². The lowest BCUT2D eigenvalue weighted by Crippen LogP contribution is -1.90. The minimum absolute atomic E-state index is 0.253. The average Bonchev–Trinajstić information content (AvgIpc) is 2.85. The molecule has 1 aromatic carbocycles. The number of benzene rings is 1. The third-order valence-corrected chi connectivity index (χ3v) is 3.22. The molecule has 0 bridgehead atoms. The fourth-order valence-corrected chi connectivity index (χ4v) is 2.12. The van der Waals surface area contributed by atoms with E-state index in [4.69, 9.17) is 5.73 Å². The Hall–Kier alpha value is -2.69. The van der Waals surface area contributed by atoms with Crippen LogP contribution in [0.1, 0.15) is 5.56 Å². The van der Waals surface area contributed by atoms with Gasteiger partial charge >= 0.3 is 0 Å². The first kappa shape index (κ1) is 12.3. The summed E-state index contributed by atoms with van der Waals surface area (Å²) in [6, 6.07) is 8.74. The van der Waals surface area contributed by atoms with Crippen LogP contribution in [0.3, 0.4) is 0 Å². The molecule has 0 saturated heterocycles. The van der Waals surface area contributed by atoms with Crippen molar-refractivity contribution in [1.82, 2.24) is 15.2 Å². The van der Waals surface area contributed by atoms with E-state index in [-0.39, 0.29) is 5.82 Å². The summed E-state index contributed by atoms with van der Waals surface area (Å²) in [5, 5.41) is 6.90. The number of H-pyrrole nitrogens is 1. The van der Waals surface area contributed by atoms with Gasteiger partial charge in [0.1, 0.15) is 5.82 Å². The standard InChI is InChI=1S/C15H13FN4/c1-9-2-3-11(8-12(9)16)14-13(15(17)20-19-14)10-4-6-18-7-5-10/h2-8H,1H3,(H3,17,19,20). The molecule has 2 heterocycles. The van der Waals surface area contributed by atoms with Crippen LogP contribution in [-0.2, 0) is 0 Å². The molecule has 0 saturated carbocycles. The number of halogens is 1. The molecule has 0 unspecified atom stereocenters. The van der Waals surface area contributed by atoms with Crippen LogP contribution in [0.15, 0.2) is 42.7 Å². The largest absolute Gasteiger partial charge is 0.382 e. The number of aryl methyl sites for hydroxylation is 1. The molecule has 20 heavy (non-hydrogen) atoms. The van der Waals surface area contributed by atoms with E-state index in [1.54, 1.807) is 25.4 Å². The molecule has 0 radical (unpaired) electrons. The molecule has 0 fully saturated rings. The zero-order valence-corrected chi connectivity index (χ0v) is 10.9. The van der Waals surface area contributed by atoms with Crippen molar-refractivity contribution in [1.29, 1.82) is 0 Å². The predicted octanol–water partition coefficient (Wildman–Crippen LogP) is 3.17. The van der Waals surface area contributed by atoms with Crippen molar-refractivity contribution in [2.24, 2.45) is 0 Å². The van der Waals surface area contributed by atoms with Crippen molar-refractivity contribution in [2.75, 3.05) is 5.73 Å². The van der Waals surface area contributed by atoms with E-state index in [2.05, 4.69) is 15.2 Å². The van der Waals surface area contributed by atoms with Crippen LogP contribution in [0.5, 0.6) is 0 Å². The summed E-state index contributed by atoms with van der Waals surface area (Å²) >= 11 is 0. The molecule has 0 amide bonds. The number of nitrogen functional groups attached to an aromatic ring is 1. The molecule has 4 nitrogen and oxygen atoms in total. The monoisotopic (exact) mass is 268 g/mol. The molecule has 3 N–H and O–H groups in total. The van der Waals surface area contributed by atoms with Crippen molar-refractivity contribution < 1.29 is 4.39 Å². The summed E-state index contributed by atoms with van der Waals surface area (Å²) in [6.07, 6.45) is 3.36. The normalized spacial score (nSPS) is 10.7. The second kappa shape index (κ2) is 4.77. The van der Waals surface area contributed by atoms with Crippen molar-refractivity contribution in [3.8, 4) is 22.4 Å². The summed E-state index contributed by atoms with van der Waals surface area (Å²) < 4.78 is 13.7. The predicted molar refractivity (Wildman–Crippen MR) is 76.4 cm³/mol. The number of nitrogens with zero attached hydrogens (tertiary/aromatic N) is 2. The van der Waals surface area contributed by atoms with Crippen molar-refractivity contribution >= 4 is 5.82 Å². The number of hydrogen-bond acceptors (Lipinski definition) is 3. The smallest absolute Gasteiger partial charge is 0.153 e. The van der Waals surface area contributed by atoms with Gasteiger partial charge in [0.2, 0.25) is 0 Å². The van der Waals surface area contributed by atoms with Crippen LogP contribution in [0.4, 0.5) is 10.2 Å². The van der Waals surface area contributed by atoms with E-state index in [0.29, 0.717) is 22.6 Å². The maximum Gasteiger partial charge on any atom is 0.153 e. The van der Waals surface area contributed by atoms with Crippen molar-refractivity contribution in [3.63, 3.8) is 0 Å². The Morgan fingerprint density at radius 3 is 2.55 bits per heavy atom. The van der Waals surface area contributed by atoms with E-state index in [1.807, 2.05) is 18.2 Å². The molecule has 2 aromatic heterocycles. The molecular formula is C15H13FN4. The van der Waals surface area contributed by atoms with Gasteiger partial charge in [-0.2, -0.15) is 5.10 Å². The lowest BCUT2D eigenvalue weighted by atomic mass is 10.0. The van der Waals surface area contributed by atoms with Gasteiger partial charge in [-0.25, -0.2) is 4.39 Å². The Kier molecular flexibility index (Phi) is 2.95. The highest BCUT2D eigenvalue weighted by Gasteiger charge is 2.15. The molecule has 0 spiro atoms. The Morgan fingerprint density at radius 1 is 1.10 bits per heavy atom. The van der Waals surface area contributed by atoms with Crippen LogP contribution in [0.2, 0.25) is 0 Å². The SMILES string of the molecule is Cc1ccc(-c2[nH]nc(N)c2-c2ccncc2)cc1F. The quantitative estimate of drug-likeness (QED) is 0.750. The second-order valence-electron chi connectivity index (χ2n) is 4.56. The van der Waals surface area contributed by atoms with E-state index in [0.717, 1.165) is 11.1 Å². The molecular weight excluding hydrogens is 255 g/mol. The maximum absolute atomic E-state index is 13.7. The van der Waals surface area contributed by atoms with E-state index < -0.39 is 0 Å². The zero-order valence-electron chi connectivity index (χ0n) is 10.9. The highest BCUT2D eigenvalue weighted by atomic mass is 19.1. The molecule has 0 aliphatic heterocycles. The molecule has 100 valence electrons. The number of nitrogens with one attached hydrogen (secondary N) is 1. The Bertz CT molecular complexity index is 750. The Morgan fingerprint density at radius 2 is 1.85 bits per heavy atom. The number of hydrogen-bond donors (Lipinski definition) is 2. The first-order chi connectivity index (χ1) is 9.66. The first-order valence-electron chi connectivity index (χ1n) is 6.17. The minimum atomic E-state index is -0.253. The van der Waals surface area contributed by atoms with Crippen molar-refractivity contribution in [2.45, 2.75) is 6.92 Å². The number of aromatic nitrogens is 3. The average molecular weight is 268 g/mol. The summed E-state index contributed by atoms with van der Waals surface area (Å²) in [5.74, 6) is 0.128. The van der Waals surface area contributed by atoms with Gasteiger partial charge in [0.05, 0.1) is 11.3 Å². The molecule has 0 atom stereocenters. The number of rotatable bonds is 2. The fourth-order valence-electron chi connectivity index (χ4n) is 2.12. The Balaban J connectivity index is 2.18. The van der Waals surface area contributed by atoms with Crippen LogP contribution >= 0.6 is 0 Å². The van der Waals surface area contributed by atoms with Gasteiger partial charge in [-0.3, -0.25) is 10.1 Å². The number of pyridine rings is 1. The van der Waals surface area contributed by atoms with Crippen LogP contribution in [0.25, 0.3) is 22.4 Å². The van der Waals surface area contributed by atoms with Crippen LogP contribution < -0.4 is 5.73 Å². The summed E-state index contributed by atoms with van der Waals surface area (Å²) in [7, 11) is 0. The van der Waals surface area contributed by atoms with Gasteiger partial charge in [-0.15, -0.1) is 0 Å². The zero-order chi connectivity index (χ0) is 14.1. The molecule has 3 rings (SSSR count). The van der Waals surface area contributed by atoms with Crippen molar-refractivity contribution in [3.05, 3.63) is 54.1 Å². The van der Waals surface area contributed by atoms with Gasteiger partial charge in [0, 0.05) is 18.0 Å². The summed E-state index contributed by atoms with van der Waals surface area (Å²) in [6.45, 7) is 1.73. The van der Waals surface area contributed by atoms with Gasteiger partial charge in [-0.1, -0.05) is 12.1 Å². The molecule has 0 aliphatic rings. The van der Waals surface area contributed by atoms with E-state index in [9.17, 15) is 4.39 Å². The minimum Gasteiger partial charge on any atom is -0.382 e. The molecule has 5 heteroatoms. The summed E-state index contributed by atoms with van der Waals surface area (Å²) in [4.78, 5) is 3.98. The maximum atomic E-state index is 13.7. The highest BCUT2D eigenvalue weighted by molar-refractivity contribution is 5.87. The van der Waals surface area contributed by atoms with Crippen LogP contribution in [0, 0.1) is 12.7 Å². The summed E-state index contributed by atoms with van der Waals surface area (Å²) in [5.41, 5.74) is 9.59. The fraction of sp³-hybridized carbons (Fsp3) is 0.0667. The van der Waals surface area contributed by atoms with Gasteiger partial charge in [0.25, 0.3) is 0 Å². The molecule has 3 aromatic rings. The number of nitrogens with two attached hydrogens (primary N) is 1.